The molecule has 0 aliphatic carbocycles. The number of ether oxygens (including phenoxy) is 2. The number of nitrogens with zero attached hydrogens (tertiary/aromatic N) is 2. The molecule has 0 saturated heterocycles. The molecule has 0 N–H and O–H groups in total. The van der Waals surface area contributed by atoms with E-state index in [-0.39, 0.29) is 17.5 Å². The molecule has 0 atom stereocenters. The van der Waals surface area contributed by atoms with Crippen LogP contribution in [-0.2, 0) is 0 Å². The lowest BCUT2D eigenvalue weighted by atomic mass is 10.1. The first-order chi connectivity index (χ1) is 17.4. The van der Waals surface area contributed by atoms with Crippen molar-refractivity contribution < 1.29 is 27.1 Å². The summed E-state index contributed by atoms with van der Waals surface area (Å²) < 4.78 is 51.9. The van der Waals surface area contributed by atoms with E-state index >= 15 is 0 Å². The van der Waals surface area contributed by atoms with Crippen molar-refractivity contribution in [2.24, 2.45) is 0 Å². The molecule has 0 saturated carbocycles. The number of hydrogen-bond donors (Lipinski definition) is 0. The van der Waals surface area contributed by atoms with Crippen molar-refractivity contribution in [2.75, 3.05) is 6.61 Å². The van der Waals surface area contributed by atoms with Crippen molar-refractivity contribution in [1.82, 2.24) is 9.78 Å². The number of halogens is 3. The summed E-state index contributed by atoms with van der Waals surface area (Å²) in [6.07, 6.45) is 16.7. The highest BCUT2D eigenvalue weighted by Crippen LogP contribution is 2.23. The molecule has 0 bridgehead atoms. The minimum Gasteiger partial charge on any atom is -0.449 e. The molecular weight excluding hydrogens is 473 g/mol. The Kier molecular flexibility index (Phi) is 13.8. The van der Waals surface area contributed by atoms with Gasteiger partial charge in [-0.25, -0.2) is 4.79 Å². The van der Waals surface area contributed by atoms with Gasteiger partial charge in [-0.15, -0.1) is 13.2 Å². The molecule has 36 heavy (non-hydrogen) atoms. The average Bonchev–Trinajstić information content (AvgIpc) is 3.21. The number of hydrogen-bond acceptors (Lipinski definition) is 5. The van der Waals surface area contributed by atoms with Gasteiger partial charge in [0.25, 0.3) is 0 Å². The molecule has 1 aromatic heterocycles. The van der Waals surface area contributed by atoms with Crippen LogP contribution in [0.15, 0.2) is 45.6 Å². The Labute approximate surface area is 211 Å². The Hall–Kier alpha value is -2.71. The average molecular weight is 513 g/mol. The number of unbranched alkanes of at least 4 members (excludes halogenated alkanes) is 12. The number of aromatic nitrogens is 2. The van der Waals surface area contributed by atoms with Crippen LogP contribution in [-0.4, -0.2) is 22.7 Å². The lowest BCUT2D eigenvalue weighted by Crippen LogP contribution is -2.17. The smallest absolute Gasteiger partial charge is 0.449 e. The highest BCUT2D eigenvalue weighted by atomic mass is 19.4. The van der Waals surface area contributed by atoms with E-state index in [0.717, 1.165) is 42.5 Å². The van der Waals surface area contributed by atoms with Gasteiger partial charge in [0.2, 0.25) is 0 Å². The third-order valence-corrected chi connectivity index (χ3v) is 5.73. The Morgan fingerprint density at radius 2 is 1.42 bits per heavy atom. The Bertz CT molecular complexity index is 920. The molecule has 0 radical (unpaired) electrons. The predicted molar refractivity (Wildman–Crippen MR) is 134 cm³/mol. The molecule has 2 aromatic rings. The zero-order chi connectivity index (χ0) is 26.1. The van der Waals surface area contributed by atoms with Crippen LogP contribution in [0.4, 0.5) is 13.2 Å². The van der Waals surface area contributed by atoms with E-state index < -0.39 is 12.1 Å². The van der Waals surface area contributed by atoms with Crippen molar-refractivity contribution in [1.29, 1.82) is 0 Å². The van der Waals surface area contributed by atoms with E-state index in [1.54, 1.807) is 0 Å². The van der Waals surface area contributed by atoms with Gasteiger partial charge < -0.3 is 13.9 Å². The fourth-order valence-electron chi connectivity index (χ4n) is 3.78. The summed E-state index contributed by atoms with van der Waals surface area (Å²) in [6, 6.07) is 4.74. The van der Waals surface area contributed by atoms with Crippen LogP contribution in [0.2, 0.25) is 0 Å². The number of alkyl halides is 3. The van der Waals surface area contributed by atoms with E-state index in [2.05, 4.69) is 28.9 Å². The van der Waals surface area contributed by atoms with E-state index in [4.69, 9.17) is 9.15 Å². The fraction of sp³-hybridized carbons (Fsp3) is 0.630. The second-order valence-electron chi connectivity index (χ2n) is 8.87. The van der Waals surface area contributed by atoms with Gasteiger partial charge in [0.1, 0.15) is 5.75 Å². The summed E-state index contributed by atoms with van der Waals surface area (Å²) in [5.74, 6) is -1.17. The van der Waals surface area contributed by atoms with Gasteiger partial charge >= 0.3 is 18.2 Å². The molecule has 1 heterocycles. The summed E-state index contributed by atoms with van der Waals surface area (Å²) in [5.41, 5.74) is 0.241. The summed E-state index contributed by atoms with van der Waals surface area (Å²) in [4.78, 5) is 12.0. The first kappa shape index (κ1) is 29.5. The molecule has 0 amide bonds. The number of benzene rings is 1. The van der Waals surface area contributed by atoms with Crippen molar-refractivity contribution in [3.63, 3.8) is 0 Å². The summed E-state index contributed by atoms with van der Waals surface area (Å²) >= 11 is 0. The maximum absolute atomic E-state index is 12.3. The van der Waals surface area contributed by atoms with Crippen LogP contribution in [0.1, 0.15) is 96.8 Å². The minimum atomic E-state index is -4.78. The number of rotatable bonds is 19. The molecule has 6 nitrogen and oxygen atoms in total. The highest BCUT2D eigenvalue weighted by Gasteiger charge is 2.31. The normalized spacial score (nSPS) is 11.9. The molecule has 0 spiro atoms. The summed E-state index contributed by atoms with van der Waals surface area (Å²) in [6.45, 7) is 2.62. The first-order valence-corrected chi connectivity index (χ1v) is 13.1. The van der Waals surface area contributed by atoms with Crippen molar-refractivity contribution in [3.8, 4) is 17.5 Å². The van der Waals surface area contributed by atoms with Gasteiger partial charge in [-0.2, -0.15) is 4.68 Å². The van der Waals surface area contributed by atoms with Gasteiger partial charge in [-0.05, 0) is 56.4 Å². The third-order valence-electron chi connectivity index (χ3n) is 5.73. The van der Waals surface area contributed by atoms with Gasteiger partial charge in [0.05, 0.1) is 12.3 Å². The molecule has 0 aliphatic heterocycles. The van der Waals surface area contributed by atoms with Gasteiger partial charge in [0, 0.05) is 0 Å². The zero-order valence-corrected chi connectivity index (χ0v) is 21.2. The van der Waals surface area contributed by atoms with Gasteiger partial charge in [-0.1, -0.05) is 82.0 Å². The molecule has 9 heteroatoms. The Balaban J connectivity index is 1.51. The van der Waals surface area contributed by atoms with E-state index in [0.29, 0.717) is 6.61 Å². The standard InChI is InChI=1S/C27H39F3N2O4/c1-2-3-4-5-6-7-8-9-10-11-12-13-14-15-16-17-22-34-25-31-32(26(33)35-25)23-18-20-24(21-19-23)36-27(28,29)30/h9-10,18-21H,2-8,11-17,22H2,1H3/b10-9-. The Morgan fingerprint density at radius 1 is 0.861 bits per heavy atom. The van der Waals surface area contributed by atoms with Gasteiger partial charge in [0.15, 0.2) is 0 Å². The molecule has 0 unspecified atom stereocenters. The molecule has 2 rings (SSSR count). The largest absolute Gasteiger partial charge is 0.573 e. The first-order valence-electron chi connectivity index (χ1n) is 13.1. The van der Waals surface area contributed by atoms with Crippen LogP contribution in [0, 0.1) is 0 Å². The monoisotopic (exact) mass is 512 g/mol. The second-order valence-corrected chi connectivity index (χ2v) is 8.87. The Morgan fingerprint density at radius 3 is 2.00 bits per heavy atom. The maximum Gasteiger partial charge on any atom is 0.573 e. The predicted octanol–water partition coefficient (Wildman–Crippen LogP) is 8.14. The SMILES string of the molecule is CCCCCCCC/C=C\CCCCCCCCOc1nn(-c2ccc(OC(F)(F)F)cc2)c(=O)o1. The third kappa shape index (κ3) is 12.8. The zero-order valence-electron chi connectivity index (χ0n) is 21.2. The second kappa shape index (κ2) is 16.9. The quantitative estimate of drug-likeness (QED) is 0.140. The van der Waals surface area contributed by atoms with Crippen molar-refractivity contribution in [3.05, 3.63) is 47.0 Å². The van der Waals surface area contributed by atoms with Crippen LogP contribution in [0.5, 0.6) is 11.8 Å². The molecule has 1 aromatic carbocycles. The van der Waals surface area contributed by atoms with Crippen LogP contribution >= 0.6 is 0 Å². The maximum atomic E-state index is 12.3. The lowest BCUT2D eigenvalue weighted by Gasteiger charge is -2.08. The topological polar surface area (TPSA) is 66.5 Å². The highest BCUT2D eigenvalue weighted by molar-refractivity contribution is 5.36. The minimum absolute atomic E-state index is 0.164. The molecule has 202 valence electrons. The van der Waals surface area contributed by atoms with Crippen LogP contribution in [0.25, 0.3) is 5.69 Å². The molecule has 0 fully saturated rings. The van der Waals surface area contributed by atoms with Gasteiger partial charge in [-0.3, -0.25) is 0 Å². The van der Waals surface area contributed by atoms with E-state index in [9.17, 15) is 18.0 Å². The van der Waals surface area contributed by atoms with Crippen molar-refractivity contribution in [2.45, 2.75) is 103 Å². The van der Waals surface area contributed by atoms with E-state index in [1.165, 1.54) is 76.3 Å². The molecular formula is C27H39F3N2O4. The van der Waals surface area contributed by atoms with Crippen molar-refractivity contribution >= 4 is 0 Å². The molecule has 0 aliphatic rings. The lowest BCUT2D eigenvalue weighted by molar-refractivity contribution is -0.274. The number of allylic oxidation sites excluding steroid dienone is 2. The van der Waals surface area contributed by atoms with Crippen LogP contribution in [0.3, 0.4) is 0 Å². The fourth-order valence-corrected chi connectivity index (χ4v) is 3.78. The van der Waals surface area contributed by atoms with Crippen LogP contribution < -0.4 is 15.2 Å². The van der Waals surface area contributed by atoms with E-state index in [1.807, 2.05) is 0 Å². The summed E-state index contributed by atoms with van der Waals surface area (Å²) in [7, 11) is 0. The summed E-state index contributed by atoms with van der Waals surface area (Å²) in [5, 5.41) is 3.94.